The van der Waals surface area contributed by atoms with Crippen molar-refractivity contribution in [1.82, 2.24) is 25.0 Å². The third kappa shape index (κ3) is 3.79. The molecule has 3 heterocycles. The van der Waals surface area contributed by atoms with Crippen LogP contribution in [0.5, 0.6) is 5.88 Å². The average molecular weight is 303 g/mol. The van der Waals surface area contributed by atoms with Crippen molar-refractivity contribution in [3.63, 3.8) is 0 Å². The number of aromatic nitrogens is 4. The number of likely N-dealkylation sites (tertiary alicyclic amines) is 1. The van der Waals surface area contributed by atoms with Crippen molar-refractivity contribution in [2.75, 3.05) is 19.7 Å². The molecule has 3 rings (SSSR count). The SMILES string of the molecule is Cc1nc(CN2CCC(COc3nccnc3C)CC2)no1. The van der Waals surface area contributed by atoms with Gasteiger partial charge in [-0.3, -0.25) is 9.88 Å². The van der Waals surface area contributed by atoms with Crippen LogP contribution < -0.4 is 4.74 Å². The van der Waals surface area contributed by atoms with Crippen molar-refractivity contribution in [3.05, 3.63) is 29.8 Å². The van der Waals surface area contributed by atoms with Crippen molar-refractivity contribution >= 4 is 0 Å². The van der Waals surface area contributed by atoms with E-state index in [4.69, 9.17) is 9.26 Å². The van der Waals surface area contributed by atoms with Crippen LogP contribution in [0.1, 0.15) is 30.3 Å². The maximum atomic E-state index is 5.80. The van der Waals surface area contributed by atoms with Crippen LogP contribution in [0.2, 0.25) is 0 Å². The molecule has 2 aromatic heterocycles. The fraction of sp³-hybridized carbons (Fsp3) is 0.600. The van der Waals surface area contributed by atoms with E-state index < -0.39 is 0 Å². The molecule has 22 heavy (non-hydrogen) atoms. The van der Waals surface area contributed by atoms with Gasteiger partial charge in [-0.1, -0.05) is 5.16 Å². The Balaban J connectivity index is 1.43. The van der Waals surface area contributed by atoms with Gasteiger partial charge in [0.05, 0.1) is 18.8 Å². The Morgan fingerprint density at radius 3 is 2.68 bits per heavy atom. The van der Waals surface area contributed by atoms with Crippen LogP contribution in [0.15, 0.2) is 16.9 Å². The Labute approximate surface area is 129 Å². The summed E-state index contributed by atoms with van der Waals surface area (Å²) in [5.41, 5.74) is 0.840. The number of hydrogen-bond acceptors (Lipinski definition) is 7. The predicted molar refractivity (Wildman–Crippen MR) is 79.3 cm³/mol. The number of hydrogen-bond donors (Lipinski definition) is 0. The van der Waals surface area contributed by atoms with Crippen molar-refractivity contribution < 1.29 is 9.26 Å². The highest BCUT2D eigenvalue weighted by Gasteiger charge is 2.21. The molecule has 2 aromatic rings. The largest absolute Gasteiger partial charge is 0.476 e. The minimum Gasteiger partial charge on any atom is -0.476 e. The minimum atomic E-state index is 0.560. The molecule has 0 unspecified atom stereocenters. The van der Waals surface area contributed by atoms with Gasteiger partial charge in [0.25, 0.3) is 0 Å². The lowest BCUT2D eigenvalue weighted by Gasteiger charge is -2.30. The first-order valence-electron chi connectivity index (χ1n) is 7.62. The summed E-state index contributed by atoms with van der Waals surface area (Å²) in [5, 5.41) is 3.95. The molecule has 0 saturated carbocycles. The number of nitrogens with zero attached hydrogens (tertiary/aromatic N) is 5. The molecule has 118 valence electrons. The zero-order valence-electron chi connectivity index (χ0n) is 13.0. The van der Waals surface area contributed by atoms with E-state index in [0.29, 0.717) is 24.3 Å². The summed E-state index contributed by atoms with van der Waals surface area (Å²) in [6.07, 6.45) is 5.56. The second-order valence-corrected chi connectivity index (χ2v) is 5.71. The topological polar surface area (TPSA) is 77.2 Å². The molecule has 0 aromatic carbocycles. The first-order valence-corrected chi connectivity index (χ1v) is 7.62. The number of piperidine rings is 1. The van der Waals surface area contributed by atoms with E-state index in [9.17, 15) is 0 Å². The lowest BCUT2D eigenvalue weighted by atomic mass is 9.98. The van der Waals surface area contributed by atoms with E-state index in [2.05, 4.69) is 25.0 Å². The maximum Gasteiger partial charge on any atom is 0.235 e. The smallest absolute Gasteiger partial charge is 0.235 e. The Bertz CT molecular complexity index is 607. The quantitative estimate of drug-likeness (QED) is 0.833. The minimum absolute atomic E-state index is 0.560. The van der Waals surface area contributed by atoms with Gasteiger partial charge in [0, 0.05) is 19.3 Å². The highest BCUT2D eigenvalue weighted by atomic mass is 16.5. The molecule has 1 aliphatic heterocycles. The first kappa shape index (κ1) is 14.9. The summed E-state index contributed by atoms with van der Waals surface area (Å²) >= 11 is 0. The molecular formula is C15H21N5O2. The van der Waals surface area contributed by atoms with Gasteiger partial charge in [0.2, 0.25) is 11.8 Å². The van der Waals surface area contributed by atoms with Crippen molar-refractivity contribution in [2.45, 2.75) is 33.2 Å². The molecule has 7 nitrogen and oxygen atoms in total. The van der Waals surface area contributed by atoms with E-state index in [1.54, 1.807) is 12.4 Å². The Kier molecular flexibility index (Phi) is 4.62. The Hall–Kier alpha value is -2.02. The molecule has 0 amide bonds. The summed E-state index contributed by atoms with van der Waals surface area (Å²) in [7, 11) is 0. The number of aryl methyl sites for hydroxylation is 2. The van der Waals surface area contributed by atoms with Crippen LogP contribution in [0, 0.1) is 19.8 Å². The van der Waals surface area contributed by atoms with Gasteiger partial charge in [0.15, 0.2) is 5.82 Å². The highest BCUT2D eigenvalue weighted by Crippen LogP contribution is 2.20. The second kappa shape index (κ2) is 6.83. The van der Waals surface area contributed by atoms with Gasteiger partial charge in [-0.25, -0.2) is 4.98 Å². The molecule has 7 heteroatoms. The van der Waals surface area contributed by atoms with E-state index >= 15 is 0 Å². The molecule has 1 aliphatic rings. The fourth-order valence-corrected chi connectivity index (χ4v) is 2.65. The van der Waals surface area contributed by atoms with Gasteiger partial charge < -0.3 is 9.26 Å². The van der Waals surface area contributed by atoms with E-state index in [-0.39, 0.29) is 0 Å². The van der Waals surface area contributed by atoms with E-state index in [1.807, 2.05) is 13.8 Å². The van der Waals surface area contributed by atoms with Crippen LogP contribution in [-0.2, 0) is 6.54 Å². The zero-order chi connectivity index (χ0) is 15.4. The maximum absolute atomic E-state index is 5.80. The summed E-state index contributed by atoms with van der Waals surface area (Å²) in [6, 6.07) is 0. The second-order valence-electron chi connectivity index (χ2n) is 5.71. The summed E-state index contributed by atoms with van der Waals surface area (Å²) in [6.45, 7) is 7.25. The third-order valence-electron chi connectivity index (χ3n) is 3.93. The predicted octanol–water partition coefficient (Wildman–Crippen LogP) is 1.77. The van der Waals surface area contributed by atoms with Crippen LogP contribution in [0.25, 0.3) is 0 Å². The lowest BCUT2D eigenvalue weighted by molar-refractivity contribution is 0.131. The summed E-state index contributed by atoms with van der Waals surface area (Å²) in [5.74, 6) is 2.59. The molecule has 0 N–H and O–H groups in total. The first-order chi connectivity index (χ1) is 10.7. The molecular weight excluding hydrogens is 282 g/mol. The Morgan fingerprint density at radius 1 is 1.23 bits per heavy atom. The van der Waals surface area contributed by atoms with Gasteiger partial charge in [-0.05, 0) is 38.8 Å². The van der Waals surface area contributed by atoms with E-state index in [1.165, 1.54) is 0 Å². The normalized spacial score (nSPS) is 16.8. The number of ether oxygens (including phenoxy) is 1. The van der Waals surface area contributed by atoms with Crippen molar-refractivity contribution in [2.24, 2.45) is 5.92 Å². The standard InChI is InChI=1S/C15H21N5O2/c1-11-15(17-6-5-16-11)21-10-13-3-7-20(8-4-13)9-14-18-12(2)22-19-14/h5-6,13H,3-4,7-10H2,1-2H3. The van der Waals surface area contributed by atoms with Gasteiger partial charge >= 0.3 is 0 Å². The molecule has 1 saturated heterocycles. The van der Waals surface area contributed by atoms with Crippen LogP contribution in [-0.4, -0.2) is 44.7 Å². The van der Waals surface area contributed by atoms with Gasteiger partial charge in [-0.15, -0.1) is 0 Å². The third-order valence-corrected chi connectivity index (χ3v) is 3.93. The summed E-state index contributed by atoms with van der Waals surface area (Å²) < 4.78 is 10.8. The zero-order valence-corrected chi connectivity index (χ0v) is 13.0. The molecule has 0 bridgehead atoms. The average Bonchev–Trinajstić information content (AvgIpc) is 2.93. The van der Waals surface area contributed by atoms with E-state index in [0.717, 1.165) is 44.0 Å². The monoisotopic (exact) mass is 303 g/mol. The molecule has 0 aliphatic carbocycles. The van der Waals surface area contributed by atoms with Crippen LogP contribution >= 0.6 is 0 Å². The fourth-order valence-electron chi connectivity index (χ4n) is 2.65. The molecule has 0 atom stereocenters. The van der Waals surface area contributed by atoms with Crippen LogP contribution in [0.4, 0.5) is 0 Å². The summed E-state index contributed by atoms with van der Waals surface area (Å²) in [4.78, 5) is 15.0. The number of rotatable bonds is 5. The van der Waals surface area contributed by atoms with Crippen LogP contribution in [0.3, 0.4) is 0 Å². The van der Waals surface area contributed by atoms with Crippen molar-refractivity contribution in [3.8, 4) is 5.88 Å². The molecule has 0 spiro atoms. The van der Waals surface area contributed by atoms with Gasteiger partial charge in [-0.2, -0.15) is 4.98 Å². The molecule has 0 radical (unpaired) electrons. The lowest BCUT2D eigenvalue weighted by Crippen LogP contribution is -2.35. The Morgan fingerprint density at radius 2 is 2.00 bits per heavy atom. The van der Waals surface area contributed by atoms with Gasteiger partial charge in [0.1, 0.15) is 0 Å². The molecule has 1 fully saturated rings. The van der Waals surface area contributed by atoms with Crippen molar-refractivity contribution in [1.29, 1.82) is 0 Å². The highest BCUT2D eigenvalue weighted by molar-refractivity contribution is 5.14.